The van der Waals surface area contributed by atoms with E-state index in [-0.39, 0.29) is 11.8 Å². The highest BCUT2D eigenvalue weighted by molar-refractivity contribution is 7.92. The zero-order valence-corrected chi connectivity index (χ0v) is 12.2. The summed E-state index contributed by atoms with van der Waals surface area (Å²) in [7, 11) is -0.632. The van der Waals surface area contributed by atoms with Crippen molar-refractivity contribution in [3.8, 4) is 0 Å². The Hall–Kier alpha value is -1.40. The van der Waals surface area contributed by atoms with Gasteiger partial charge >= 0.3 is 5.97 Å². The molecule has 1 aromatic carbocycles. The molecule has 0 radical (unpaired) electrons. The normalized spacial score (nSPS) is 13.0. The largest absolute Gasteiger partial charge is 0.468 e. The topological polar surface area (TPSA) is 72.5 Å². The van der Waals surface area contributed by atoms with Gasteiger partial charge in [0.05, 0.1) is 12.9 Å². The highest BCUT2D eigenvalue weighted by atomic mass is 32.2. The molecule has 1 aromatic rings. The molecule has 106 valence electrons. The van der Waals surface area contributed by atoms with E-state index >= 15 is 0 Å². The monoisotopic (exact) mass is 285 g/mol. The molecule has 0 aliphatic heterocycles. The van der Waals surface area contributed by atoms with Crippen molar-refractivity contribution >= 4 is 15.8 Å². The minimum absolute atomic E-state index is 0.135. The summed E-state index contributed by atoms with van der Waals surface area (Å²) >= 11 is 0. The Kier molecular flexibility index (Phi) is 5.50. The second-order valence-corrected chi connectivity index (χ2v) is 6.44. The van der Waals surface area contributed by atoms with E-state index in [0.717, 1.165) is 11.1 Å². The molecule has 5 nitrogen and oxygen atoms in total. The summed E-state index contributed by atoms with van der Waals surface area (Å²) in [6, 6.07) is 7.22. The van der Waals surface area contributed by atoms with Gasteiger partial charge in [-0.05, 0) is 25.1 Å². The summed E-state index contributed by atoms with van der Waals surface area (Å²) in [6.45, 7) is 1.92. The van der Waals surface area contributed by atoms with E-state index in [1.54, 1.807) is 7.05 Å². The number of nitrogens with one attached hydrogen (secondary N) is 1. The van der Waals surface area contributed by atoms with Crippen molar-refractivity contribution in [3.63, 3.8) is 0 Å². The number of hydrogen-bond acceptors (Lipinski definition) is 5. The van der Waals surface area contributed by atoms with Gasteiger partial charge < -0.3 is 10.1 Å². The molecule has 0 spiro atoms. The third kappa shape index (κ3) is 4.65. The molecule has 0 saturated carbocycles. The smallest absolute Gasteiger partial charge is 0.320 e. The first-order chi connectivity index (χ1) is 8.89. The molecule has 0 aliphatic rings. The Morgan fingerprint density at radius 2 is 2.00 bits per heavy atom. The lowest BCUT2D eigenvalue weighted by atomic mass is 10.0. The van der Waals surface area contributed by atoms with Gasteiger partial charge in [-0.3, -0.25) is 4.79 Å². The Morgan fingerprint density at radius 3 is 2.53 bits per heavy atom. The van der Waals surface area contributed by atoms with Crippen LogP contribution in [0.5, 0.6) is 0 Å². The number of carbonyl (C=O) groups is 1. The number of esters is 1. The Morgan fingerprint density at radius 1 is 1.37 bits per heavy atom. The Bertz CT molecular complexity index is 539. The number of aryl methyl sites for hydroxylation is 1. The molecule has 0 saturated heterocycles. The van der Waals surface area contributed by atoms with Crippen LogP contribution in [-0.2, 0) is 19.4 Å². The lowest BCUT2D eigenvalue weighted by Gasteiger charge is -2.18. The quantitative estimate of drug-likeness (QED) is 0.784. The fourth-order valence-corrected chi connectivity index (χ4v) is 3.31. The van der Waals surface area contributed by atoms with E-state index < -0.39 is 21.6 Å². The maximum absolute atomic E-state index is 11.9. The lowest BCUT2D eigenvalue weighted by molar-refractivity contribution is -0.137. The van der Waals surface area contributed by atoms with Gasteiger partial charge in [0.15, 0.2) is 9.84 Å². The van der Waals surface area contributed by atoms with Crippen LogP contribution in [0.4, 0.5) is 0 Å². The average Bonchev–Trinajstić information content (AvgIpc) is 2.36. The van der Waals surface area contributed by atoms with Crippen LogP contribution in [0.1, 0.15) is 17.2 Å². The number of ether oxygens (including phenoxy) is 1. The van der Waals surface area contributed by atoms with E-state index in [1.165, 1.54) is 7.11 Å². The van der Waals surface area contributed by atoms with Crippen LogP contribution in [0.15, 0.2) is 24.3 Å². The summed E-state index contributed by atoms with van der Waals surface area (Å²) < 4.78 is 28.2. The fourth-order valence-electron chi connectivity index (χ4n) is 1.86. The minimum Gasteiger partial charge on any atom is -0.468 e. The molecule has 6 heteroatoms. The average molecular weight is 285 g/mol. The van der Waals surface area contributed by atoms with E-state index in [9.17, 15) is 13.2 Å². The first kappa shape index (κ1) is 15.7. The van der Waals surface area contributed by atoms with Crippen LogP contribution in [0.25, 0.3) is 0 Å². The van der Waals surface area contributed by atoms with Crippen molar-refractivity contribution in [1.29, 1.82) is 0 Å². The van der Waals surface area contributed by atoms with E-state index in [2.05, 4.69) is 10.1 Å². The standard InChI is InChI=1S/C13H19NO4S/c1-10-6-4-5-7-11(10)12(14-2)8-19(16,17)9-13(15)18-3/h4-7,12,14H,8-9H2,1-3H3. The van der Waals surface area contributed by atoms with Gasteiger partial charge in [0, 0.05) is 6.04 Å². The summed E-state index contributed by atoms with van der Waals surface area (Å²) in [4.78, 5) is 11.1. The second-order valence-electron chi connectivity index (χ2n) is 4.33. The third-order valence-corrected chi connectivity index (χ3v) is 4.42. The van der Waals surface area contributed by atoms with Crippen LogP contribution in [-0.4, -0.2) is 40.1 Å². The van der Waals surface area contributed by atoms with Crippen molar-refractivity contribution in [3.05, 3.63) is 35.4 Å². The lowest BCUT2D eigenvalue weighted by Crippen LogP contribution is -2.29. The first-order valence-corrected chi connectivity index (χ1v) is 7.72. The molecule has 1 rings (SSSR count). The van der Waals surface area contributed by atoms with Gasteiger partial charge in [-0.2, -0.15) is 0 Å². The fraction of sp³-hybridized carbons (Fsp3) is 0.462. The molecule has 0 aromatic heterocycles. The maximum atomic E-state index is 11.9. The molecule has 0 bridgehead atoms. The molecule has 0 fully saturated rings. The number of hydrogen-bond donors (Lipinski definition) is 1. The van der Waals surface area contributed by atoms with Crippen LogP contribution in [0.3, 0.4) is 0 Å². The van der Waals surface area contributed by atoms with E-state index in [1.807, 2.05) is 31.2 Å². The van der Waals surface area contributed by atoms with Gasteiger partial charge in [-0.1, -0.05) is 24.3 Å². The van der Waals surface area contributed by atoms with Gasteiger partial charge in [0.2, 0.25) is 0 Å². The van der Waals surface area contributed by atoms with Gasteiger partial charge in [-0.15, -0.1) is 0 Å². The molecule has 1 N–H and O–H groups in total. The SMILES string of the molecule is CNC(CS(=O)(=O)CC(=O)OC)c1ccccc1C. The third-order valence-electron chi connectivity index (χ3n) is 2.90. The first-order valence-electron chi connectivity index (χ1n) is 5.89. The number of methoxy groups -OCH3 is 1. The number of rotatable bonds is 6. The van der Waals surface area contributed by atoms with Gasteiger partial charge in [0.1, 0.15) is 5.75 Å². The van der Waals surface area contributed by atoms with Gasteiger partial charge in [-0.25, -0.2) is 8.42 Å². The molecular weight excluding hydrogens is 266 g/mol. The van der Waals surface area contributed by atoms with E-state index in [4.69, 9.17) is 0 Å². The van der Waals surface area contributed by atoms with Crippen molar-refractivity contribution in [2.45, 2.75) is 13.0 Å². The summed E-state index contributed by atoms with van der Waals surface area (Å²) in [6.07, 6.45) is 0. The molecule has 1 atom stereocenters. The zero-order valence-electron chi connectivity index (χ0n) is 11.3. The number of sulfone groups is 1. The summed E-state index contributed by atoms with van der Waals surface area (Å²) in [5, 5.41) is 2.98. The van der Waals surface area contributed by atoms with Crippen molar-refractivity contribution in [1.82, 2.24) is 5.32 Å². The van der Waals surface area contributed by atoms with Crippen molar-refractivity contribution in [2.75, 3.05) is 25.7 Å². The molecule has 0 aliphatic carbocycles. The predicted octanol–water partition coefficient (Wildman–Crippen LogP) is 0.843. The van der Waals surface area contributed by atoms with E-state index in [0.29, 0.717) is 0 Å². The van der Waals surface area contributed by atoms with Crippen molar-refractivity contribution < 1.29 is 17.9 Å². The molecule has 1 unspecified atom stereocenters. The molecule has 0 heterocycles. The second kappa shape index (κ2) is 6.68. The highest BCUT2D eigenvalue weighted by Gasteiger charge is 2.23. The Labute approximate surface area is 113 Å². The maximum Gasteiger partial charge on any atom is 0.320 e. The molecule has 0 amide bonds. The zero-order chi connectivity index (χ0) is 14.5. The predicted molar refractivity (Wildman–Crippen MR) is 73.6 cm³/mol. The van der Waals surface area contributed by atoms with Crippen molar-refractivity contribution in [2.24, 2.45) is 0 Å². The summed E-state index contributed by atoms with van der Waals surface area (Å²) in [5.74, 6) is -1.46. The van der Waals surface area contributed by atoms with Crippen LogP contribution in [0.2, 0.25) is 0 Å². The minimum atomic E-state index is -3.51. The van der Waals surface area contributed by atoms with Crippen LogP contribution >= 0.6 is 0 Å². The molecular formula is C13H19NO4S. The number of carbonyl (C=O) groups excluding carboxylic acids is 1. The highest BCUT2D eigenvalue weighted by Crippen LogP contribution is 2.19. The summed E-state index contributed by atoms with van der Waals surface area (Å²) in [5.41, 5.74) is 1.92. The molecule has 19 heavy (non-hydrogen) atoms. The van der Waals surface area contributed by atoms with Crippen LogP contribution in [0, 0.1) is 6.92 Å². The van der Waals surface area contributed by atoms with Gasteiger partial charge in [0.25, 0.3) is 0 Å². The number of benzene rings is 1. The Balaban J connectivity index is 2.89. The van der Waals surface area contributed by atoms with Crippen LogP contribution < -0.4 is 5.32 Å².